The fourth-order valence-electron chi connectivity index (χ4n) is 1.75. The molecule has 1 rings (SSSR count). The second kappa shape index (κ2) is 6.49. The third-order valence-electron chi connectivity index (χ3n) is 2.66. The first-order valence-electron chi connectivity index (χ1n) is 5.18. The van der Waals surface area contributed by atoms with Crippen LogP contribution in [-0.4, -0.2) is 31.7 Å². The number of hydrogen-bond acceptors (Lipinski definition) is 3. The molecule has 0 amide bonds. The molecule has 0 aromatic rings. The van der Waals surface area contributed by atoms with E-state index >= 15 is 0 Å². The lowest BCUT2D eigenvalue weighted by Crippen LogP contribution is -2.28. The maximum atomic E-state index is 5.74. The molecule has 0 aromatic heterocycles. The Kier molecular flexibility index (Phi) is 5.60. The van der Waals surface area contributed by atoms with E-state index in [4.69, 9.17) is 9.47 Å². The molecule has 2 nitrogen and oxygen atoms in total. The van der Waals surface area contributed by atoms with Gasteiger partial charge in [0.05, 0.1) is 18.8 Å². The largest absolute Gasteiger partial charge is 0.381 e. The SMILES string of the molecule is C=C(CS)COC1CCCC(OC)C1. The van der Waals surface area contributed by atoms with Gasteiger partial charge in [0, 0.05) is 12.9 Å². The van der Waals surface area contributed by atoms with E-state index in [1.165, 1.54) is 12.8 Å². The van der Waals surface area contributed by atoms with Crippen molar-refractivity contribution in [1.82, 2.24) is 0 Å². The molecule has 0 spiro atoms. The van der Waals surface area contributed by atoms with Crippen LogP contribution in [0.25, 0.3) is 0 Å². The molecule has 0 saturated heterocycles. The smallest absolute Gasteiger partial charge is 0.0685 e. The first-order valence-corrected chi connectivity index (χ1v) is 5.81. The minimum Gasteiger partial charge on any atom is -0.381 e. The summed E-state index contributed by atoms with van der Waals surface area (Å²) >= 11 is 4.15. The van der Waals surface area contributed by atoms with E-state index in [-0.39, 0.29) is 0 Å². The van der Waals surface area contributed by atoms with E-state index in [1.807, 2.05) is 0 Å². The Hall–Kier alpha value is 0.01000. The van der Waals surface area contributed by atoms with Crippen molar-refractivity contribution < 1.29 is 9.47 Å². The highest BCUT2D eigenvalue weighted by atomic mass is 32.1. The lowest BCUT2D eigenvalue weighted by molar-refractivity contribution is -0.0220. The molecule has 0 aromatic carbocycles. The van der Waals surface area contributed by atoms with Gasteiger partial charge in [0.1, 0.15) is 0 Å². The summed E-state index contributed by atoms with van der Waals surface area (Å²) in [7, 11) is 1.78. The molecule has 2 atom stereocenters. The van der Waals surface area contributed by atoms with Crippen molar-refractivity contribution in [3.8, 4) is 0 Å². The van der Waals surface area contributed by atoms with Crippen LogP contribution in [0.5, 0.6) is 0 Å². The second-order valence-corrected chi connectivity index (χ2v) is 4.18. The molecule has 1 aliphatic carbocycles. The zero-order valence-corrected chi connectivity index (χ0v) is 9.76. The highest BCUT2D eigenvalue weighted by Crippen LogP contribution is 2.23. The minimum absolute atomic E-state index is 0.352. The standard InChI is InChI=1S/C11H20O2S/c1-9(8-14)7-13-11-5-3-4-10(6-11)12-2/h10-11,14H,1,3-8H2,2H3. The van der Waals surface area contributed by atoms with Crippen LogP contribution in [0.15, 0.2) is 12.2 Å². The summed E-state index contributed by atoms with van der Waals surface area (Å²) in [5, 5.41) is 0. The van der Waals surface area contributed by atoms with E-state index in [2.05, 4.69) is 19.2 Å². The van der Waals surface area contributed by atoms with Gasteiger partial charge in [-0.25, -0.2) is 0 Å². The number of methoxy groups -OCH3 is 1. The van der Waals surface area contributed by atoms with Crippen molar-refractivity contribution in [2.24, 2.45) is 0 Å². The molecule has 2 unspecified atom stereocenters. The average molecular weight is 216 g/mol. The number of thiol groups is 1. The summed E-state index contributed by atoms with van der Waals surface area (Å²) in [5.41, 5.74) is 1.05. The Balaban J connectivity index is 2.20. The van der Waals surface area contributed by atoms with Gasteiger partial charge in [-0.15, -0.1) is 0 Å². The Morgan fingerprint density at radius 3 is 2.79 bits per heavy atom. The van der Waals surface area contributed by atoms with Gasteiger partial charge >= 0.3 is 0 Å². The van der Waals surface area contributed by atoms with E-state index in [1.54, 1.807) is 7.11 Å². The summed E-state index contributed by atoms with van der Waals surface area (Å²) in [4.78, 5) is 0. The third kappa shape index (κ3) is 4.03. The van der Waals surface area contributed by atoms with Gasteiger partial charge in [0.2, 0.25) is 0 Å². The van der Waals surface area contributed by atoms with E-state index in [0.717, 1.165) is 18.4 Å². The Morgan fingerprint density at radius 1 is 1.43 bits per heavy atom. The van der Waals surface area contributed by atoms with Gasteiger partial charge in [-0.05, 0) is 31.3 Å². The molecular formula is C11H20O2S. The highest BCUT2D eigenvalue weighted by molar-refractivity contribution is 7.80. The van der Waals surface area contributed by atoms with Crippen molar-refractivity contribution >= 4 is 12.6 Å². The van der Waals surface area contributed by atoms with E-state index in [0.29, 0.717) is 24.6 Å². The molecule has 0 heterocycles. The maximum Gasteiger partial charge on any atom is 0.0685 e. The summed E-state index contributed by atoms with van der Waals surface area (Å²) in [5.74, 6) is 0.709. The zero-order chi connectivity index (χ0) is 10.4. The van der Waals surface area contributed by atoms with Crippen LogP contribution in [-0.2, 0) is 9.47 Å². The summed E-state index contributed by atoms with van der Waals surface area (Å²) in [6, 6.07) is 0. The van der Waals surface area contributed by atoms with Crippen molar-refractivity contribution in [3.63, 3.8) is 0 Å². The Labute approximate surface area is 92.1 Å². The fraction of sp³-hybridized carbons (Fsp3) is 0.818. The van der Waals surface area contributed by atoms with Crippen molar-refractivity contribution in [2.75, 3.05) is 19.5 Å². The lowest BCUT2D eigenvalue weighted by Gasteiger charge is -2.28. The first-order chi connectivity index (χ1) is 6.76. The quantitative estimate of drug-likeness (QED) is 0.562. The molecule has 1 aliphatic rings. The Bertz CT molecular complexity index is 182. The number of rotatable bonds is 5. The van der Waals surface area contributed by atoms with Gasteiger partial charge in [-0.3, -0.25) is 0 Å². The Morgan fingerprint density at radius 2 is 2.14 bits per heavy atom. The van der Waals surface area contributed by atoms with Crippen LogP contribution in [0.3, 0.4) is 0 Å². The molecule has 1 fully saturated rings. The van der Waals surface area contributed by atoms with Crippen LogP contribution in [0.2, 0.25) is 0 Å². The summed E-state index contributed by atoms with van der Waals surface area (Å²) in [6.45, 7) is 4.51. The van der Waals surface area contributed by atoms with Gasteiger partial charge in [-0.2, -0.15) is 12.6 Å². The van der Waals surface area contributed by atoms with Gasteiger partial charge in [0.15, 0.2) is 0 Å². The first kappa shape index (κ1) is 12.1. The van der Waals surface area contributed by atoms with Gasteiger partial charge in [-0.1, -0.05) is 6.58 Å². The fourth-order valence-corrected chi connectivity index (χ4v) is 1.84. The molecule has 3 heteroatoms. The third-order valence-corrected chi connectivity index (χ3v) is 3.11. The highest BCUT2D eigenvalue weighted by Gasteiger charge is 2.21. The van der Waals surface area contributed by atoms with Gasteiger partial charge in [0.25, 0.3) is 0 Å². The van der Waals surface area contributed by atoms with Crippen LogP contribution in [0.4, 0.5) is 0 Å². The van der Waals surface area contributed by atoms with E-state index < -0.39 is 0 Å². The zero-order valence-electron chi connectivity index (χ0n) is 8.87. The molecule has 14 heavy (non-hydrogen) atoms. The average Bonchev–Trinajstić information content (AvgIpc) is 2.26. The molecule has 0 radical (unpaired) electrons. The predicted octanol–water partition coefficient (Wildman–Crippen LogP) is 2.45. The van der Waals surface area contributed by atoms with Crippen molar-refractivity contribution in [1.29, 1.82) is 0 Å². The monoisotopic (exact) mass is 216 g/mol. The normalized spacial score (nSPS) is 27.6. The van der Waals surface area contributed by atoms with Crippen LogP contribution in [0, 0.1) is 0 Å². The number of hydrogen-bond donors (Lipinski definition) is 1. The summed E-state index contributed by atoms with van der Waals surface area (Å²) < 4.78 is 11.1. The molecular weight excluding hydrogens is 196 g/mol. The molecule has 1 saturated carbocycles. The van der Waals surface area contributed by atoms with Crippen LogP contribution in [0.1, 0.15) is 25.7 Å². The predicted molar refractivity (Wildman–Crippen MR) is 62.0 cm³/mol. The van der Waals surface area contributed by atoms with E-state index in [9.17, 15) is 0 Å². The number of ether oxygens (including phenoxy) is 2. The maximum absolute atomic E-state index is 5.74. The molecule has 82 valence electrons. The molecule has 0 N–H and O–H groups in total. The minimum atomic E-state index is 0.352. The van der Waals surface area contributed by atoms with Gasteiger partial charge < -0.3 is 9.47 Å². The van der Waals surface area contributed by atoms with Crippen molar-refractivity contribution in [2.45, 2.75) is 37.9 Å². The van der Waals surface area contributed by atoms with Crippen molar-refractivity contribution in [3.05, 3.63) is 12.2 Å². The van der Waals surface area contributed by atoms with Crippen LogP contribution < -0.4 is 0 Å². The van der Waals surface area contributed by atoms with Crippen LogP contribution >= 0.6 is 12.6 Å². The molecule has 0 bridgehead atoms. The second-order valence-electron chi connectivity index (χ2n) is 3.87. The molecule has 0 aliphatic heterocycles. The lowest BCUT2D eigenvalue weighted by atomic mass is 9.95. The topological polar surface area (TPSA) is 18.5 Å². The summed E-state index contributed by atoms with van der Waals surface area (Å²) in [6.07, 6.45) is 5.29.